The van der Waals surface area contributed by atoms with Crippen molar-refractivity contribution >= 4 is 5.78 Å². The van der Waals surface area contributed by atoms with Crippen LogP contribution in [-0.2, 0) is 4.79 Å². The molecule has 2 fully saturated rings. The van der Waals surface area contributed by atoms with Crippen LogP contribution in [0.25, 0.3) is 0 Å². The maximum absolute atomic E-state index is 12.2. The van der Waals surface area contributed by atoms with Crippen molar-refractivity contribution in [3.63, 3.8) is 0 Å². The minimum Gasteiger partial charge on any atom is -0.298 e. The molecule has 1 saturated heterocycles. The van der Waals surface area contributed by atoms with Crippen LogP contribution in [0.1, 0.15) is 52.4 Å². The molecule has 1 aliphatic carbocycles. The van der Waals surface area contributed by atoms with E-state index in [1.807, 2.05) is 0 Å². The molecule has 0 N–H and O–H groups in total. The first-order chi connectivity index (χ1) is 7.10. The lowest BCUT2D eigenvalue weighted by atomic mass is 9.78. The zero-order valence-electron chi connectivity index (χ0n) is 10.1. The van der Waals surface area contributed by atoms with Gasteiger partial charge in [-0.3, -0.25) is 9.69 Å². The van der Waals surface area contributed by atoms with Gasteiger partial charge in [0.15, 0.2) is 5.78 Å². The summed E-state index contributed by atoms with van der Waals surface area (Å²) in [5.41, 5.74) is -0.202. The van der Waals surface area contributed by atoms with Gasteiger partial charge in [0.25, 0.3) is 0 Å². The number of ketones is 1. The molecule has 0 aromatic rings. The van der Waals surface area contributed by atoms with E-state index in [4.69, 9.17) is 0 Å². The molecule has 2 heteroatoms. The number of hydrogen-bond acceptors (Lipinski definition) is 2. The quantitative estimate of drug-likeness (QED) is 0.709. The molecular formula is C13H23NO. The number of nitrogens with zero attached hydrogens (tertiary/aromatic N) is 1. The smallest absolute Gasteiger partial charge is 0.152 e. The fourth-order valence-corrected chi connectivity index (χ4v) is 2.66. The predicted molar refractivity (Wildman–Crippen MR) is 61.9 cm³/mol. The van der Waals surface area contributed by atoms with Gasteiger partial charge < -0.3 is 0 Å². The second-order valence-corrected chi connectivity index (χ2v) is 5.68. The van der Waals surface area contributed by atoms with Gasteiger partial charge in [-0.15, -0.1) is 0 Å². The Balaban J connectivity index is 1.90. The highest BCUT2D eigenvalue weighted by Gasteiger charge is 2.37. The number of rotatable bonds is 4. The molecule has 0 radical (unpaired) electrons. The number of hydrogen-bond donors (Lipinski definition) is 0. The van der Waals surface area contributed by atoms with Gasteiger partial charge >= 0.3 is 0 Å². The summed E-state index contributed by atoms with van der Waals surface area (Å²) in [6, 6.07) is 0. The van der Waals surface area contributed by atoms with Gasteiger partial charge in [0, 0.05) is 6.42 Å². The Morgan fingerprint density at radius 2 is 1.80 bits per heavy atom. The highest BCUT2D eigenvalue weighted by molar-refractivity contribution is 5.87. The summed E-state index contributed by atoms with van der Waals surface area (Å²) in [5.74, 6) is 1.17. The van der Waals surface area contributed by atoms with Crippen LogP contribution >= 0.6 is 0 Å². The summed E-state index contributed by atoms with van der Waals surface area (Å²) in [5, 5.41) is 0. The monoisotopic (exact) mass is 209 g/mol. The zero-order chi connectivity index (χ0) is 10.9. The normalized spacial score (nSPS) is 24.1. The molecule has 0 spiro atoms. The highest BCUT2D eigenvalue weighted by atomic mass is 16.1. The van der Waals surface area contributed by atoms with Gasteiger partial charge in [-0.1, -0.05) is 19.3 Å². The molecule has 2 nitrogen and oxygen atoms in total. The van der Waals surface area contributed by atoms with Crippen LogP contribution in [0.2, 0.25) is 0 Å². The number of carbonyl (C=O) groups excluding carboxylic acids is 1. The fraction of sp³-hybridized carbons (Fsp3) is 0.923. The van der Waals surface area contributed by atoms with Crippen molar-refractivity contribution in [3.8, 4) is 0 Å². The molecule has 0 aromatic heterocycles. The van der Waals surface area contributed by atoms with Gasteiger partial charge in [-0.05, 0) is 45.7 Å². The Bertz CT molecular complexity index is 237. The third-order valence-electron chi connectivity index (χ3n) is 4.28. The second-order valence-electron chi connectivity index (χ2n) is 5.68. The molecule has 1 heterocycles. The molecular weight excluding hydrogens is 186 g/mol. The molecule has 2 rings (SSSR count). The van der Waals surface area contributed by atoms with Crippen LogP contribution in [0.15, 0.2) is 0 Å². The SMILES string of the molecule is CC(C)(C(=O)CC1CCC1)N1CCCC1. The van der Waals surface area contributed by atoms with Crippen molar-refractivity contribution in [1.82, 2.24) is 4.90 Å². The highest BCUT2D eigenvalue weighted by Crippen LogP contribution is 2.32. The second kappa shape index (κ2) is 4.25. The average Bonchev–Trinajstić information content (AvgIpc) is 2.63. The van der Waals surface area contributed by atoms with Crippen molar-refractivity contribution in [2.45, 2.75) is 57.9 Å². The first-order valence-electron chi connectivity index (χ1n) is 6.39. The number of Topliss-reactive ketones (excluding diaryl/α,β-unsaturated/α-hetero) is 1. The van der Waals surface area contributed by atoms with Gasteiger partial charge in [-0.2, -0.15) is 0 Å². The summed E-state index contributed by atoms with van der Waals surface area (Å²) < 4.78 is 0. The lowest BCUT2D eigenvalue weighted by Gasteiger charge is -2.36. The fourth-order valence-electron chi connectivity index (χ4n) is 2.66. The average molecular weight is 209 g/mol. The molecule has 0 aromatic carbocycles. The van der Waals surface area contributed by atoms with Crippen LogP contribution in [0.3, 0.4) is 0 Å². The van der Waals surface area contributed by atoms with E-state index < -0.39 is 0 Å². The van der Waals surface area contributed by atoms with E-state index in [1.165, 1.54) is 32.1 Å². The molecule has 86 valence electrons. The molecule has 0 amide bonds. The lowest BCUT2D eigenvalue weighted by Crippen LogP contribution is -2.49. The van der Waals surface area contributed by atoms with Crippen molar-refractivity contribution in [1.29, 1.82) is 0 Å². The Labute approximate surface area is 93.0 Å². The molecule has 2 aliphatic rings. The van der Waals surface area contributed by atoms with E-state index >= 15 is 0 Å². The third kappa shape index (κ3) is 2.25. The van der Waals surface area contributed by atoms with E-state index in [0.717, 1.165) is 19.5 Å². The number of likely N-dealkylation sites (tertiary alicyclic amines) is 1. The van der Waals surface area contributed by atoms with Gasteiger partial charge in [0.05, 0.1) is 5.54 Å². The van der Waals surface area contributed by atoms with Crippen molar-refractivity contribution in [2.75, 3.05) is 13.1 Å². The maximum Gasteiger partial charge on any atom is 0.152 e. The molecule has 1 aliphatic heterocycles. The van der Waals surface area contributed by atoms with E-state index in [9.17, 15) is 4.79 Å². The molecule has 0 unspecified atom stereocenters. The zero-order valence-corrected chi connectivity index (χ0v) is 10.1. The van der Waals surface area contributed by atoms with Crippen LogP contribution in [-0.4, -0.2) is 29.3 Å². The minimum absolute atomic E-state index is 0.202. The van der Waals surface area contributed by atoms with E-state index in [-0.39, 0.29) is 5.54 Å². The molecule has 15 heavy (non-hydrogen) atoms. The molecule has 1 saturated carbocycles. The van der Waals surface area contributed by atoms with Gasteiger partial charge in [0.2, 0.25) is 0 Å². The molecule has 0 bridgehead atoms. The van der Waals surface area contributed by atoms with Crippen LogP contribution in [0.5, 0.6) is 0 Å². The topological polar surface area (TPSA) is 20.3 Å². The Morgan fingerprint density at radius 1 is 1.20 bits per heavy atom. The maximum atomic E-state index is 12.2. The minimum atomic E-state index is -0.202. The Kier molecular flexibility index (Phi) is 3.15. The van der Waals surface area contributed by atoms with Gasteiger partial charge in [-0.25, -0.2) is 0 Å². The Hall–Kier alpha value is -0.370. The van der Waals surface area contributed by atoms with Crippen LogP contribution in [0.4, 0.5) is 0 Å². The van der Waals surface area contributed by atoms with Crippen molar-refractivity contribution in [3.05, 3.63) is 0 Å². The van der Waals surface area contributed by atoms with Crippen LogP contribution < -0.4 is 0 Å². The Morgan fingerprint density at radius 3 is 2.27 bits per heavy atom. The third-order valence-corrected chi connectivity index (χ3v) is 4.28. The van der Waals surface area contributed by atoms with Crippen molar-refractivity contribution < 1.29 is 4.79 Å². The molecule has 0 atom stereocenters. The summed E-state index contributed by atoms with van der Waals surface area (Å²) in [6.07, 6.45) is 7.25. The predicted octanol–water partition coefficient (Wildman–Crippen LogP) is 2.62. The van der Waals surface area contributed by atoms with E-state index in [1.54, 1.807) is 0 Å². The lowest BCUT2D eigenvalue weighted by molar-refractivity contribution is -0.130. The largest absolute Gasteiger partial charge is 0.298 e. The van der Waals surface area contributed by atoms with Crippen molar-refractivity contribution in [2.24, 2.45) is 5.92 Å². The first kappa shape index (κ1) is 11.1. The summed E-state index contributed by atoms with van der Waals surface area (Å²) in [6.45, 7) is 6.45. The van der Waals surface area contributed by atoms with E-state index in [2.05, 4.69) is 18.7 Å². The summed E-state index contributed by atoms with van der Waals surface area (Å²) >= 11 is 0. The van der Waals surface area contributed by atoms with E-state index in [0.29, 0.717) is 11.7 Å². The number of carbonyl (C=O) groups is 1. The van der Waals surface area contributed by atoms with Gasteiger partial charge in [0.1, 0.15) is 0 Å². The summed E-state index contributed by atoms with van der Waals surface area (Å²) in [7, 11) is 0. The first-order valence-corrected chi connectivity index (χ1v) is 6.39. The standard InChI is InChI=1S/C13H23NO/c1-13(2,14-8-3-4-9-14)12(15)10-11-6-5-7-11/h11H,3-10H2,1-2H3. The summed E-state index contributed by atoms with van der Waals surface area (Å²) in [4.78, 5) is 14.6. The van der Waals surface area contributed by atoms with Crippen LogP contribution in [0, 0.1) is 5.92 Å².